The standard InChI is InChI=1S/C20H23N5O3/c1-12-10-13(2)25(22-12)11-15-6-8-16(9-7-15)19(26)21-17-14(3)24(4)23-18(17)20(27)28-5/h6-10H,11H2,1-5H3,(H,21,26). The lowest BCUT2D eigenvalue weighted by molar-refractivity contribution is 0.0594. The Kier molecular flexibility index (Phi) is 5.30. The highest BCUT2D eigenvalue weighted by Gasteiger charge is 2.22. The van der Waals surface area contributed by atoms with E-state index < -0.39 is 5.97 Å². The van der Waals surface area contributed by atoms with Gasteiger partial charge in [-0.15, -0.1) is 0 Å². The Morgan fingerprint density at radius 1 is 1.11 bits per heavy atom. The summed E-state index contributed by atoms with van der Waals surface area (Å²) in [6.45, 7) is 6.37. The van der Waals surface area contributed by atoms with Gasteiger partial charge in [0.1, 0.15) is 0 Å². The number of hydrogen-bond acceptors (Lipinski definition) is 5. The van der Waals surface area contributed by atoms with Crippen molar-refractivity contribution in [1.82, 2.24) is 19.6 Å². The van der Waals surface area contributed by atoms with E-state index in [1.54, 1.807) is 26.1 Å². The van der Waals surface area contributed by atoms with Crippen LogP contribution in [0, 0.1) is 20.8 Å². The lowest BCUT2D eigenvalue weighted by Gasteiger charge is -2.08. The number of amides is 1. The van der Waals surface area contributed by atoms with Gasteiger partial charge in [-0.05, 0) is 44.5 Å². The van der Waals surface area contributed by atoms with Crippen LogP contribution in [0.4, 0.5) is 5.69 Å². The number of carbonyl (C=O) groups is 2. The van der Waals surface area contributed by atoms with E-state index in [1.807, 2.05) is 36.7 Å². The van der Waals surface area contributed by atoms with Gasteiger partial charge in [-0.25, -0.2) is 4.79 Å². The zero-order chi connectivity index (χ0) is 20.4. The molecule has 0 saturated carbocycles. The molecule has 0 saturated heterocycles. The van der Waals surface area contributed by atoms with E-state index in [1.165, 1.54) is 11.8 Å². The number of methoxy groups -OCH3 is 1. The van der Waals surface area contributed by atoms with E-state index in [0.717, 1.165) is 17.0 Å². The van der Waals surface area contributed by atoms with Crippen LogP contribution in [0.15, 0.2) is 30.3 Å². The van der Waals surface area contributed by atoms with Crippen LogP contribution in [-0.4, -0.2) is 38.5 Å². The molecule has 3 aromatic rings. The Morgan fingerprint density at radius 2 is 1.79 bits per heavy atom. The minimum Gasteiger partial charge on any atom is -0.464 e. The SMILES string of the molecule is COC(=O)c1nn(C)c(C)c1NC(=O)c1ccc(Cn2nc(C)cc2C)cc1. The Balaban J connectivity index is 1.77. The van der Waals surface area contributed by atoms with Gasteiger partial charge < -0.3 is 10.1 Å². The maximum atomic E-state index is 12.6. The third-order valence-electron chi connectivity index (χ3n) is 4.60. The fourth-order valence-electron chi connectivity index (χ4n) is 2.95. The van der Waals surface area contributed by atoms with Crippen LogP contribution in [0.1, 0.15) is 43.5 Å². The summed E-state index contributed by atoms with van der Waals surface area (Å²) in [5.74, 6) is -0.918. The number of rotatable bonds is 5. The van der Waals surface area contributed by atoms with E-state index in [-0.39, 0.29) is 11.6 Å². The van der Waals surface area contributed by atoms with Gasteiger partial charge in [0.2, 0.25) is 0 Å². The van der Waals surface area contributed by atoms with Crippen molar-refractivity contribution in [1.29, 1.82) is 0 Å². The Labute approximate surface area is 163 Å². The summed E-state index contributed by atoms with van der Waals surface area (Å²) in [4.78, 5) is 24.6. The first kappa shape index (κ1) is 19.3. The molecule has 0 fully saturated rings. The van der Waals surface area contributed by atoms with Gasteiger partial charge in [-0.1, -0.05) is 12.1 Å². The molecule has 146 valence electrons. The first-order valence-electron chi connectivity index (χ1n) is 8.83. The molecule has 0 radical (unpaired) electrons. The average molecular weight is 381 g/mol. The van der Waals surface area contributed by atoms with Crippen LogP contribution >= 0.6 is 0 Å². The molecule has 8 nitrogen and oxygen atoms in total. The number of benzene rings is 1. The maximum absolute atomic E-state index is 12.6. The van der Waals surface area contributed by atoms with Gasteiger partial charge in [-0.3, -0.25) is 14.2 Å². The van der Waals surface area contributed by atoms with Crippen molar-refractivity contribution in [2.75, 3.05) is 12.4 Å². The van der Waals surface area contributed by atoms with Crippen molar-refractivity contribution in [2.45, 2.75) is 27.3 Å². The second-order valence-corrected chi connectivity index (χ2v) is 6.66. The van der Waals surface area contributed by atoms with Gasteiger partial charge in [0.15, 0.2) is 5.69 Å². The van der Waals surface area contributed by atoms with Crippen molar-refractivity contribution in [2.24, 2.45) is 7.05 Å². The van der Waals surface area contributed by atoms with Crippen LogP contribution in [-0.2, 0) is 18.3 Å². The monoisotopic (exact) mass is 381 g/mol. The third-order valence-corrected chi connectivity index (χ3v) is 4.60. The number of ether oxygens (including phenoxy) is 1. The fraction of sp³-hybridized carbons (Fsp3) is 0.300. The minimum absolute atomic E-state index is 0.0806. The third kappa shape index (κ3) is 3.80. The van der Waals surface area contributed by atoms with Gasteiger partial charge in [0, 0.05) is 18.3 Å². The number of nitrogens with zero attached hydrogens (tertiary/aromatic N) is 4. The van der Waals surface area contributed by atoms with Crippen LogP contribution < -0.4 is 5.32 Å². The zero-order valence-corrected chi connectivity index (χ0v) is 16.6. The van der Waals surface area contributed by atoms with Crippen molar-refractivity contribution >= 4 is 17.6 Å². The predicted molar refractivity (Wildman–Crippen MR) is 104 cm³/mol. The summed E-state index contributed by atoms with van der Waals surface area (Å²) in [6.07, 6.45) is 0. The molecule has 0 aliphatic heterocycles. The molecular weight excluding hydrogens is 358 g/mol. The normalized spacial score (nSPS) is 10.8. The highest BCUT2D eigenvalue weighted by molar-refractivity contribution is 6.07. The second-order valence-electron chi connectivity index (χ2n) is 6.66. The second kappa shape index (κ2) is 7.67. The zero-order valence-electron chi connectivity index (χ0n) is 16.6. The minimum atomic E-state index is -0.598. The number of esters is 1. The van der Waals surface area contributed by atoms with Crippen LogP contribution in [0.3, 0.4) is 0 Å². The van der Waals surface area contributed by atoms with Crippen molar-refractivity contribution in [3.63, 3.8) is 0 Å². The molecule has 2 heterocycles. The number of nitrogens with one attached hydrogen (secondary N) is 1. The number of aryl methyl sites for hydroxylation is 3. The molecule has 1 N–H and O–H groups in total. The number of carbonyl (C=O) groups excluding carboxylic acids is 2. The van der Waals surface area contributed by atoms with E-state index in [2.05, 4.69) is 15.5 Å². The molecule has 0 spiro atoms. The molecule has 1 amide bonds. The summed E-state index contributed by atoms with van der Waals surface area (Å²) < 4.78 is 8.19. The van der Waals surface area contributed by atoms with Gasteiger partial charge in [0.25, 0.3) is 5.91 Å². The molecule has 3 rings (SSSR count). The largest absolute Gasteiger partial charge is 0.464 e. The molecule has 0 unspecified atom stereocenters. The number of aromatic nitrogens is 4. The molecule has 8 heteroatoms. The summed E-state index contributed by atoms with van der Waals surface area (Å²) in [7, 11) is 2.98. The molecule has 0 aliphatic rings. The number of hydrogen-bond donors (Lipinski definition) is 1. The predicted octanol–water partition coefficient (Wildman–Crippen LogP) is 2.63. The summed E-state index contributed by atoms with van der Waals surface area (Å²) >= 11 is 0. The van der Waals surface area contributed by atoms with Crippen molar-refractivity contribution < 1.29 is 14.3 Å². The highest BCUT2D eigenvalue weighted by Crippen LogP contribution is 2.21. The van der Waals surface area contributed by atoms with Crippen molar-refractivity contribution in [3.05, 3.63) is 64.2 Å². The molecule has 0 atom stereocenters. The van der Waals surface area contributed by atoms with Crippen LogP contribution in [0.5, 0.6) is 0 Å². The fourth-order valence-corrected chi connectivity index (χ4v) is 2.95. The highest BCUT2D eigenvalue weighted by atomic mass is 16.5. The topological polar surface area (TPSA) is 91.0 Å². The summed E-state index contributed by atoms with van der Waals surface area (Å²) in [6, 6.07) is 9.31. The van der Waals surface area contributed by atoms with E-state index in [9.17, 15) is 9.59 Å². The summed E-state index contributed by atoms with van der Waals surface area (Å²) in [5.41, 5.74) is 4.67. The van der Waals surface area contributed by atoms with Crippen molar-refractivity contribution in [3.8, 4) is 0 Å². The molecule has 0 bridgehead atoms. The first-order chi connectivity index (χ1) is 13.3. The van der Waals surface area contributed by atoms with Crippen LogP contribution in [0.25, 0.3) is 0 Å². The first-order valence-corrected chi connectivity index (χ1v) is 8.83. The van der Waals surface area contributed by atoms with Crippen LogP contribution in [0.2, 0.25) is 0 Å². The molecule has 1 aromatic carbocycles. The summed E-state index contributed by atoms with van der Waals surface area (Å²) in [5, 5.41) is 11.3. The lowest BCUT2D eigenvalue weighted by Crippen LogP contribution is -2.15. The quantitative estimate of drug-likeness (QED) is 0.686. The Bertz CT molecular complexity index is 1030. The van der Waals surface area contributed by atoms with E-state index in [4.69, 9.17) is 4.74 Å². The van der Waals surface area contributed by atoms with E-state index >= 15 is 0 Å². The maximum Gasteiger partial charge on any atom is 0.360 e. The Morgan fingerprint density at radius 3 is 2.36 bits per heavy atom. The van der Waals surface area contributed by atoms with Gasteiger partial charge >= 0.3 is 5.97 Å². The molecular formula is C20H23N5O3. The average Bonchev–Trinajstić information content (AvgIpc) is 3.14. The Hall–Kier alpha value is -3.42. The smallest absolute Gasteiger partial charge is 0.360 e. The molecule has 28 heavy (non-hydrogen) atoms. The van der Waals surface area contributed by atoms with E-state index in [0.29, 0.717) is 23.5 Å². The van der Waals surface area contributed by atoms with Gasteiger partial charge in [0.05, 0.1) is 30.7 Å². The number of anilines is 1. The lowest BCUT2D eigenvalue weighted by atomic mass is 10.1. The molecule has 2 aromatic heterocycles. The van der Waals surface area contributed by atoms with Gasteiger partial charge in [-0.2, -0.15) is 10.2 Å². The molecule has 0 aliphatic carbocycles.